The van der Waals surface area contributed by atoms with Crippen LogP contribution >= 0.6 is 0 Å². The molecule has 2 N–H and O–H groups in total. The molecule has 0 spiro atoms. The second-order valence-electron chi connectivity index (χ2n) is 5.10. The Morgan fingerprint density at radius 2 is 1.88 bits per heavy atom. The lowest BCUT2D eigenvalue weighted by Gasteiger charge is -2.23. The summed E-state index contributed by atoms with van der Waals surface area (Å²) < 4.78 is 26.7. The van der Waals surface area contributed by atoms with Gasteiger partial charge in [-0.2, -0.15) is 0 Å². The Balaban J connectivity index is 1.72. The molecule has 0 bridgehead atoms. The van der Waals surface area contributed by atoms with E-state index in [9.17, 15) is 8.42 Å². The zero-order valence-corrected chi connectivity index (χ0v) is 11.3. The standard InChI is InChI=1S/C11H23N3O2S/c1-14(10-2-3-10)9-8-13-17(15,16)11-4-6-12-7-5-11/h10-13H,2-9H2,1H3. The van der Waals surface area contributed by atoms with Gasteiger partial charge in [0.05, 0.1) is 5.25 Å². The summed E-state index contributed by atoms with van der Waals surface area (Å²) in [6, 6.07) is 0.693. The summed E-state index contributed by atoms with van der Waals surface area (Å²) in [5.41, 5.74) is 0. The van der Waals surface area contributed by atoms with Crippen LogP contribution in [0.2, 0.25) is 0 Å². The highest BCUT2D eigenvalue weighted by Gasteiger charge is 2.28. The molecule has 5 nitrogen and oxygen atoms in total. The molecule has 0 atom stereocenters. The van der Waals surface area contributed by atoms with E-state index in [2.05, 4.69) is 22.0 Å². The summed E-state index contributed by atoms with van der Waals surface area (Å²) in [7, 11) is -1.03. The molecule has 1 heterocycles. The van der Waals surface area contributed by atoms with Crippen molar-refractivity contribution in [3.63, 3.8) is 0 Å². The lowest BCUT2D eigenvalue weighted by molar-refractivity contribution is 0.329. The Morgan fingerprint density at radius 1 is 1.24 bits per heavy atom. The molecule has 0 aromatic heterocycles. The van der Waals surface area contributed by atoms with Crippen LogP contribution < -0.4 is 10.0 Å². The van der Waals surface area contributed by atoms with E-state index in [0.717, 1.165) is 32.5 Å². The number of hydrogen-bond acceptors (Lipinski definition) is 4. The minimum Gasteiger partial charge on any atom is -0.317 e. The minimum atomic E-state index is -3.10. The summed E-state index contributed by atoms with van der Waals surface area (Å²) in [5.74, 6) is 0. The molecule has 1 aliphatic carbocycles. The van der Waals surface area contributed by atoms with Crippen molar-refractivity contribution in [1.29, 1.82) is 0 Å². The molecule has 6 heteroatoms. The van der Waals surface area contributed by atoms with Crippen LogP contribution in [0.15, 0.2) is 0 Å². The monoisotopic (exact) mass is 261 g/mol. The lowest BCUT2D eigenvalue weighted by atomic mass is 10.2. The fourth-order valence-electron chi connectivity index (χ4n) is 2.29. The molecule has 1 aliphatic heterocycles. The van der Waals surface area contributed by atoms with Crippen molar-refractivity contribution in [2.75, 3.05) is 33.2 Å². The molecule has 0 aromatic rings. The van der Waals surface area contributed by atoms with Gasteiger partial charge < -0.3 is 10.2 Å². The molecular weight excluding hydrogens is 238 g/mol. The summed E-state index contributed by atoms with van der Waals surface area (Å²) in [5, 5.41) is 2.98. The van der Waals surface area contributed by atoms with Crippen molar-refractivity contribution >= 4 is 10.0 Å². The molecular formula is C11H23N3O2S. The molecule has 1 saturated carbocycles. The molecule has 2 rings (SSSR count). The largest absolute Gasteiger partial charge is 0.317 e. The van der Waals surface area contributed by atoms with E-state index in [4.69, 9.17) is 0 Å². The van der Waals surface area contributed by atoms with E-state index in [1.165, 1.54) is 12.8 Å². The highest BCUT2D eigenvalue weighted by molar-refractivity contribution is 7.90. The second-order valence-corrected chi connectivity index (χ2v) is 7.15. The van der Waals surface area contributed by atoms with Crippen LogP contribution in [0.1, 0.15) is 25.7 Å². The predicted molar refractivity (Wildman–Crippen MR) is 68.5 cm³/mol. The second kappa shape index (κ2) is 5.65. The summed E-state index contributed by atoms with van der Waals surface area (Å²) in [6.45, 7) is 2.98. The average Bonchev–Trinajstić information content (AvgIpc) is 3.14. The maximum absolute atomic E-state index is 12.0. The van der Waals surface area contributed by atoms with Gasteiger partial charge in [-0.05, 0) is 45.8 Å². The van der Waals surface area contributed by atoms with E-state index in [-0.39, 0.29) is 5.25 Å². The van der Waals surface area contributed by atoms with Gasteiger partial charge in [0, 0.05) is 19.1 Å². The van der Waals surface area contributed by atoms with Gasteiger partial charge in [-0.3, -0.25) is 0 Å². The Labute approximate surface area is 104 Å². The van der Waals surface area contributed by atoms with Crippen LogP contribution in [0.25, 0.3) is 0 Å². The van der Waals surface area contributed by atoms with Crippen molar-refractivity contribution in [2.24, 2.45) is 0 Å². The van der Waals surface area contributed by atoms with Gasteiger partial charge in [0.25, 0.3) is 0 Å². The van der Waals surface area contributed by atoms with Crippen LogP contribution in [0.5, 0.6) is 0 Å². The molecule has 17 heavy (non-hydrogen) atoms. The van der Waals surface area contributed by atoms with Gasteiger partial charge in [0.2, 0.25) is 10.0 Å². The van der Waals surface area contributed by atoms with Crippen molar-refractivity contribution in [1.82, 2.24) is 14.9 Å². The summed E-state index contributed by atoms with van der Waals surface area (Å²) >= 11 is 0. The summed E-state index contributed by atoms with van der Waals surface area (Å²) in [6.07, 6.45) is 3.98. The summed E-state index contributed by atoms with van der Waals surface area (Å²) in [4.78, 5) is 2.24. The molecule has 100 valence electrons. The first-order valence-corrected chi connectivity index (χ1v) is 8.03. The highest BCUT2D eigenvalue weighted by atomic mass is 32.2. The van der Waals surface area contributed by atoms with Crippen molar-refractivity contribution in [3.05, 3.63) is 0 Å². The Bertz CT molecular complexity index is 335. The third-order valence-corrected chi connectivity index (χ3v) is 5.62. The predicted octanol–water partition coefficient (Wildman–Crippen LogP) is -0.248. The van der Waals surface area contributed by atoms with Crippen molar-refractivity contribution in [3.8, 4) is 0 Å². The third kappa shape index (κ3) is 3.91. The topological polar surface area (TPSA) is 61.4 Å². The van der Waals surface area contributed by atoms with Crippen molar-refractivity contribution < 1.29 is 8.42 Å². The number of sulfonamides is 1. The molecule has 1 saturated heterocycles. The lowest BCUT2D eigenvalue weighted by Crippen LogP contribution is -2.43. The number of nitrogens with one attached hydrogen (secondary N) is 2. The quantitative estimate of drug-likeness (QED) is 0.692. The number of rotatable bonds is 6. The van der Waals surface area contributed by atoms with Crippen molar-refractivity contribution in [2.45, 2.75) is 37.0 Å². The maximum atomic E-state index is 12.0. The van der Waals surface area contributed by atoms with Gasteiger partial charge in [-0.1, -0.05) is 0 Å². The number of piperidine rings is 1. The first-order valence-electron chi connectivity index (χ1n) is 6.49. The fraction of sp³-hybridized carbons (Fsp3) is 1.00. The van der Waals surface area contributed by atoms with Crippen LogP contribution in [0.4, 0.5) is 0 Å². The molecule has 0 aromatic carbocycles. The normalized spacial score (nSPS) is 23.2. The number of likely N-dealkylation sites (N-methyl/N-ethyl adjacent to an activating group) is 1. The highest BCUT2D eigenvalue weighted by Crippen LogP contribution is 2.24. The third-order valence-electron chi connectivity index (χ3n) is 3.66. The van der Waals surface area contributed by atoms with Crippen LogP contribution in [-0.2, 0) is 10.0 Å². The van der Waals surface area contributed by atoms with Crippen LogP contribution in [0, 0.1) is 0 Å². The Kier molecular flexibility index (Phi) is 4.41. The van der Waals surface area contributed by atoms with E-state index in [0.29, 0.717) is 12.6 Å². The van der Waals surface area contributed by atoms with E-state index in [1.54, 1.807) is 0 Å². The smallest absolute Gasteiger partial charge is 0.214 e. The zero-order chi connectivity index (χ0) is 12.3. The number of nitrogens with zero attached hydrogens (tertiary/aromatic N) is 1. The molecule has 0 radical (unpaired) electrons. The van der Waals surface area contributed by atoms with Gasteiger partial charge in [0.15, 0.2) is 0 Å². The molecule has 0 unspecified atom stereocenters. The van der Waals surface area contributed by atoms with Gasteiger partial charge in [-0.25, -0.2) is 13.1 Å². The first-order chi connectivity index (χ1) is 8.09. The van der Waals surface area contributed by atoms with Gasteiger partial charge in [0.1, 0.15) is 0 Å². The van der Waals surface area contributed by atoms with Crippen LogP contribution in [-0.4, -0.2) is 57.8 Å². The Morgan fingerprint density at radius 3 is 2.47 bits per heavy atom. The number of hydrogen-bond donors (Lipinski definition) is 2. The zero-order valence-electron chi connectivity index (χ0n) is 10.5. The van der Waals surface area contributed by atoms with E-state index >= 15 is 0 Å². The fourth-order valence-corrected chi connectivity index (χ4v) is 3.75. The van der Waals surface area contributed by atoms with Gasteiger partial charge >= 0.3 is 0 Å². The van der Waals surface area contributed by atoms with Crippen LogP contribution in [0.3, 0.4) is 0 Å². The SMILES string of the molecule is CN(CCNS(=O)(=O)C1CCNCC1)C1CC1. The molecule has 2 fully saturated rings. The van der Waals surface area contributed by atoms with E-state index < -0.39 is 10.0 Å². The minimum absolute atomic E-state index is 0.199. The maximum Gasteiger partial charge on any atom is 0.214 e. The van der Waals surface area contributed by atoms with E-state index in [1.807, 2.05) is 0 Å². The first kappa shape index (κ1) is 13.3. The molecule has 0 amide bonds. The molecule has 2 aliphatic rings. The Hall–Kier alpha value is -0.170. The van der Waals surface area contributed by atoms with Gasteiger partial charge in [-0.15, -0.1) is 0 Å². The average molecular weight is 261 g/mol.